The molecule has 0 unspecified atom stereocenters. The summed E-state index contributed by atoms with van der Waals surface area (Å²) in [6.07, 6.45) is 3.13. The van der Waals surface area contributed by atoms with Gasteiger partial charge in [0.25, 0.3) is 0 Å². The highest BCUT2D eigenvalue weighted by Gasteiger charge is 2.20. The Morgan fingerprint density at radius 2 is 1.22 bits per heavy atom. The van der Waals surface area contributed by atoms with Crippen LogP contribution in [0.4, 0.5) is 0 Å². The summed E-state index contributed by atoms with van der Waals surface area (Å²) in [6.45, 7) is 0.177. The lowest BCUT2D eigenvalue weighted by Crippen LogP contribution is -2.15. The van der Waals surface area contributed by atoms with E-state index in [1.54, 1.807) is 24.3 Å². The molecule has 1 heterocycles. The number of hydrogen-bond acceptors (Lipinski definition) is 6. The standard InChI is InChI=1S/C12H10O6/c13-11-9-5-1-2-6-10(9)12(14)18-16-8-4-3-7-15-17-11/h1-6H,7-8H2/b4-3+. The van der Waals surface area contributed by atoms with E-state index in [1.165, 1.54) is 12.1 Å². The molecule has 0 amide bonds. The van der Waals surface area contributed by atoms with Crippen molar-refractivity contribution < 1.29 is 29.1 Å². The molecule has 0 saturated carbocycles. The highest BCUT2D eigenvalue weighted by Crippen LogP contribution is 2.12. The van der Waals surface area contributed by atoms with Crippen LogP contribution in [-0.4, -0.2) is 25.2 Å². The van der Waals surface area contributed by atoms with Crippen LogP contribution in [0.5, 0.6) is 0 Å². The van der Waals surface area contributed by atoms with E-state index in [-0.39, 0.29) is 24.3 Å². The summed E-state index contributed by atoms with van der Waals surface area (Å²) in [5.74, 6) is -1.53. The minimum absolute atomic E-state index is 0.0515. The monoisotopic (exact) mass is 250 g/mol. The molecular formula is C12H10O6. The number of benzene rings is 1. The number of fused-ring (bicyclic) bond motifs is 1. The van der Waals surface area contributed by atoms with Crippen LogP contribution in [0.2, 0.25) is 0 Å². The number of rotatable bonds is 0. The third-order valence-corrected chi connectivity index (χ3v) is 2.13. The Hall–Kier alpha value is -2.18. The van der Waals surface area contributed by atoms with E-state index in [0.717, 1.165) is 0 Å². The lowest BCUT2D eigenvalue weighted by atomic mass is 10.1. The Balaban J connectivity index is 2.27. The zero-order chi connectivity index (χ0) is 12.8. The lowest BCUT2D eigenvalue weighted by Gasteiger charge is -2.08. The first kappa shape index (κ1) is 12.3. The Kier molecular flexibility index (Phi) is 4.06. The summed E-state index contributed by atoms with van der Waals surface area (Å²) in [5, 5.41) is 0. The van der Waals surface area contributed by atoms with Gasteiger partial charge in [0, 0.05) is 0 Å². The maximum absolute atomic E-state index is 11.6. The third-order valence-electron chi connectivity index (χ3n) is 2.13. The first-order chi connectivity index (χ1) is 8.79. The van der Waals surface area contributed by atoms with Crippen LogP contribution in [0.3, 0.4) is 0 Å². The molecule has 0 aromatic heterocycles. The van der Waals surface area contributed by atoms with Crippen LogP contribution in [0.1, 0.15) is 20.7 Å². The van der Waals surface area contributed by atoms with Crippen LogP contribution < -0.4 is 0 Å². The smallest absolute Gasteiger partial charge is 0.292 e. The van der Waals surface area contributed by atoms with Crippen LogP contribution in [0.25, 0.3) is 0 Å². The molecule has 94 valence electrons. The van der Waals surface area contributed by atoms with Gasteiger partial charge in [-0.3, -0.25) is 9.78 Å². The van der Waals surface area contributed by atoms with Crippen molar-refractivity contribution in [1.82, 2.24) is 0 Å². The Labute approximate surface area is 103 Å². The van der Waals surface area contributed by atoms with Crippen molar-refractivity contribution in [2.75, 3.05) is 13.2 Å². The lowest BCUT2D eigenvalue weighted by molar-refractivity contribution is -0.236. The normalized spacial score (nSPS) is 18.7. The predicted molar refractivity (Wildman–Crippen MR) is 58.3 cm³/mol. The molecule has 1 aromatic rings. The van der Waals surface area contributed by atoms with Gasteiger partial charge in [-0.25, -0.2) is 9.59 Å². The zero-order valence-electron chi connectivity index (χ0n) is 9.33. The number of carbonyl (C=O) groups excluding carboxylic acids is 2. The fourth-order valence-electron chi connectivity index (χ4n) is 1.32. The summed E-state index contributed by atoms with van der Waals surface area (Å²) in [7, 11) is 0. The largest absolute Gasteiger partial charge is 0.373 e. The molecule has 1 aromatic carbocycles. The quantitative estimate of drug-likeness (QED) is 0.512. The van der Waals surface area contributed by atoms with Gasteiger partial charge < -0.3 is 0 Å². The molecule has 6 nitrogen and oxygen atoms in total. The molecule has 0 saturated heterocycles. The summed E-state index contributed by atoms with van der Waals surface area (Å²) < 4.78 is 0. The summed E-state index contributed by atoms with van der Waals surface area (Å²) >= 11 is 0. The van der Waals surface area contributed by atoms with Crippen molar-refractivity contribution in [2.45, 2.75) is 0 Å². The van der Waals surface area contributed by atoms with Gasteiger partial charge in [-0.15, -0.1) is 0 Å². The highest BCUT2D eigenvalue weighted by atomic mass is 17.2. The fraction of sp³-hybridized carbons (Fsp3) is 0.167. The van der Waals surface area contributed by atoms with Crippen molar-refractivity contribution in [1.29, 1.82) is 0 Å². The number of carbonyl (C=O) groups is 2. The SMILES string of the molecule is O=C1OOC/C=C/COOC(=O)c2ccccc21. The molecule has 0 fully saturated rings. The molecule has 0 aliphatic carbocycles. The van der Waals surface area contributed by atoms with Crippen molar-refractivity contribution in [2.24, 2.45) is 0 Å². The molecule has 2 rings (SSSR count). The molecule has 1 aliphatic heterocycles. The first-order valence-electron chi connectivity index (χ1n) is 5.20. The zero-order valence-corrected chi connectivity index (χ0v) is 9.33. The van der Waals surface area contributed by atoms with E-state index >= 15 is 0 Å². The van der Waals surface area contributed by atoms with Crippen molar-refractivity contribution >= 4 is 11.9 Å². The van der Waals surface area contributed by atoms with Gasteiger partial charge in [0.05, 0.1) is 11.1 Å². The summed E-state index contributed by atoms with van der Waals surface area (Å²) in [5.41, 5.74) is 0.103. The second kappa shape index (κ2) is 5.95. The van der Waals surface area contributed by atoms with Gasteiger partial charge in [-0.2, -0.15) is 9.78 Å². The van der Waals surface area contributed by atoms with Crippen molar-refractivity contribution in [3.8, 4) is 0 Å². The van der Waals surface area contributed by atoms with E-state index in [0.29, 0.717) is 0 Å². The van der Waals surface area contributed by atoms with Crippen LogP contribution >= 0.6 is 0 Å². The average Bonchev–Trinajstić information content (AvgIpc) is 2.40. The van der Waals surface area contributed by atoms with Gasteiger partial charge in [-0.1, -0.05) is 24.3 Å². The molecule has 0 spiro atoms. The molecule has 0 radical (unpaired) electrons. The maximum Gasteiger partial charge on any atom is 0.373 e. The third kappa shape index (κ3) is 2.93. The Bertz CT molecular complexity index is 436. The van der Waals surface area contributed by atoms with Gasteiger partial charge in [-0.05, 0) is 12.1 Å². The van der Waals surface area contributed by atoms with Crippen LogP contribution in [0.15, 0.2) is 36.4 Å². The molecule has 18 heavy (non-hydrogen) atoms. The second-order valence-electron chi connectivity index (χ2n) is 3.33. The fourth-order valence-corrected chi connectivity index (χ4v) is 1.32. The minimum Gasteiger partial charge on any atom is -0.292 e. The molecule has 0 atom stereocenters. The van der Waals surface area contributed by atoms with Gasteiger partial charge in [0.15, 0.2) is 0 Å². The van der Waals surface area contributed by atoms with Crippen LogP contribution in [-0.2, 0) is 19.6 Å². The van der Waals surface area contributed by atoms with Gasteiger partial charge in [0.1, 0.15) is 13.2 Å². The highest BCUT2D eigenvalue weighted by molar-refractivity contribution is 6.02. The van der Waals surface area contributed by atoms with Crippen LogP contribution in [0, 0.1) is 0 Å². The molecule has 6 heteroatoms. The number of hydrogen-bond donors (Lipinski definition) is 0. The van der Waals surface area contributed by atoms with Crippen molar-refractivity contribution in [3.05, 3.63) is 47.5 Å². The topological polar surface area (TPSA) is 71.1 Å². The van der Waals surface area contributed by atoms with E-state index in [4.69, 9.17) is 0 Å². The van der Waals surface area contributed by atoms with E-state index in [1.807, 2.05) is 0 Å². The molecule has 0 N–H and O–H groups in total. The summed E-state index contributed by atoms with van der Waals surface area (Å²) in [4.78, 5) is 41.7. The molecule has 0 bridgehead atoms. The van der Waals surface area contributed by atoms with E-state index < -0.39 is 11.9 Å². The Morgan fingerprint density at radius 1 is 0.778 bits per heavy atom. The van der Waals surface area contributed by atoms with E-state index in [9.17, 15) is 9.59 Å². The maximum atomic E-state index is 11.6. The second-order valence-corrected chi connectivity index (χ2v) is 3.33. The summed E-state index contributed by atoms with van der Waals surface area (Å²) in [6, 6.07) is 6.06. The molecular weight excluding hydrogens is 240 g/mol. The average molecular weight is 250 g/mol. The first-order valence-corrected chi connectivity index (χ1v) is 5.20. The minimum atomic E-state index is -0.767. The van der Waals surface area contributed by atoms with Crippen molar-refractivity contribution in [3.63, 3.8) is 0 Å². The predicted octanol–water partition coefficient (Wildman–Crippen LogP) is 1.43. The van der Waals surface area contributed by atoms with Gasteiger partial charge in [0.2, 0.25) is 0 Å². The van der Waals surface area contributed by atoms with E-state index in [2.05, 4.69) is 19.6 Å². The Morgan fingerprint density at radius 3 is 1.67 bits per heavy atom. The molecule has 1 aliphatic rings. The van der Waals surface area contributed by atoms with Gasteiger partial charge >= 0.3 is 11.9 Å².